The van der Waals surface area contributed by atoms with Crippen molar-refractivity contribution in [2.45, 2.75) is 0 Å². The Morgan fingerprint density at radius 1 is 0.762 bits per heavy atom. The maximum Gasteiger partial charge on any atom is 0.256 e. The van der Waals surface area contributed by atoms with Crippen LogP contribution in [-0.2, 0) is 4.79 Å². The van der Waals surface area contributed by atoms with E-state index in [0.29, 0.717) is 0 Å². The molecule has 4 rings (SSSR count). The third kappa shape index (κ3) is 1.93. The summed E-state index contributed by atoms with van der Waals surface area (Å²) in [7, 11) is 0. The zero-order valence-corrected chi connectivity index (χ0v) is 11.3. The quantitative estimate of drug-likeness (QED) is 0.657. The smallest absolute Gasteiger partial charge is 0.256 e. The van der Waals surface area contributed by atoms with Crippen LogP contribution in [-0.4, -0.2) is 5.91 Å². The van der Waals surface area contributed by atoms with Gasteiger partial charge in [0.15, 0.2) is 0 Å². The Labute approximate surface area is 123 Å². The number of nitrogens with one attached hydrogen (secondary N) is 1. The van der Waals surface area contributed by atoms with E-state index in [1.807, 2.05) is 48.5 Å². The molecule has 1 aromatic rings. The molecule has 2 nitrogen and oxygen atoms in total. The zero-order chi connectivity index (χ0) is 14.2. The number of para-hydroxylation sites is 1. The van der Waals surface area contributed by atoms with Gasteiger partial charge in [0.1, 0.15) is 0 Å². The van der Waals surface area contributed by atoms with Gasteiger partial charge in [-0.25, -0.2) is 0 Å². The topological polar surface area (TPSA) is 29.1 Å². The summed E-state index contributed by atoms with van der Waals surface area (Å²) in [5.41, 5.74) is 5.99. The second-order valence-corrected chi connectivity index (χ2v) is 5.13. The highest BCUT2D eigenvalue weighted by Gasteiger charge is 2.23. The number of hydrogen-bond acceptors (Lipinski definition) is 1. The summed E-state index contributed by atoms with van der Waals surface area (Å²) in [5.74, 6) is -0.0362. The SMILES string of the molecule is O=C1Nc2ccccc2C1=Cc1ccc2cccccc1-2. The van der Waals surface area contributed by atoms with Gasteiger partial charge in [-0.05, 0) is 28.8 Å². The minimum atomic E-state index is -0.0362. The third-order valence-electron chi connectivity index (χ3n) is 3.84. The number of carbonyl (C=O) groups is 1. The molecule has 0 saturated carbocycles. The molecule has 3 aliphatic rings. The van der Waals surface area contributed by atoms with Crippen LogP contribution in [0.2, 0.25) is 0 Å². The molecule has 0 saturated heterocycles. The molecule has 1 aromatic carbocycles. The number of anilines is 1. The van der Waals surface area contributed by atoms with Crippen molar-refractivity contribution >= 4 is 23.2 Å². The molecule has 0 radical (unpaired) electrons. The van der Waals surface area contributed by atoms with E-state index in [2.05, 4.69) is 29.6 Å². The van der Waals surface area contributed by atoms with E-state index in [-0.39, 0.29) is 5.91 Å². The first-order chi connectivity index (χ1) is 10.3. The van der Waals surface area contributed by atoms with E-state index in [0.717, 1.165) is 28.0 Å². The van der Waals surface area contributed by atoms with Crippen LogP contribution in [0.1, 0.15) is 11.1 Å². The molecule has 21 heavy (non-hydrogen) atoms. The summed E-state index contributed by atoms with van der Waals surface area (Å²) >= 11 is 0. The van der Waals surface area contributed by atoms with Crippen molar-refractivity contribution in [1.29, 1.82) is 0 Å². The molecule has 0 fully saturated rings. The molecule has 0 atom stereocenters. The molecule has 2 heteroatoms. The third-order valence-corrected chi connectivity index (χ3v) is 3.84. The Hall–Kier alpha value is -2.87. The van der Waals surface area contributed by atoms with Crippen molar-refractivity contribution in [3.63, 3.8) is 0 Å². The van der Waals surface area contributed by atoms with Gasteiger partial charge in [-0.2, -0.15) is 0 Å². The maximum absolute atomic E-state index is 12.2. The molecule has 2 aliphatic carbocycles. The Kier molecular flexibility index (Phi) is 2.61. The predicted molar refractivity (Wildman–Crippen MR) is 86.0 cm³/mol. The number of carbonyl (C=O) groups excluding carboxylic acids is 1. The van der Waals surface area contributed by atoms with Gasteiger partial charge in [-0.3, -0.25) is 4.79 Å². The lowest BCUT2D eigenvalue weighted by Gasteiger charge is -1.99. The summed E-state index contributed by atoms with van der Waals surface area (Å²) in [5, 5.41) is 2.91. The zero-order valence-electron chi connectivity index (χ0n) is 11.3. The maximum atomic E-state index is 12.2. The minimum absolute atomic E-state index is 0.0362. The first-order valence-corrected chi connectivity index (χ1v) is 6.93. The largest absolute Gasteiger partial charge is 0.321 e. The van der Waals surface area contributed by atoms with Gasteiger partial charge in [0, 0.05) is 16.8 Å². The van der Waals surface area contributed by atoms with Gasteiger partial charge in [-0.15, -0.1) is 0 Å². The molecule has 100 valence electrons. The van der Waals surface area contributed by atoms with Crippen LogP contribution in [0.5, 0.6) is 0 Å². The van der Waals surface area contributed by atoms with E-state index in [4.69, 9.17) is 0 Å². The van der Waals surface area contributed by atoms with Crippen LogP contribution >= 0.6 is 0 Å². The van der Waals surface area contributed by atoms with Crippen molar-refractivity contribution in [2.75, 3.05) is 5.32 Å². The van der Waals surface area contributed by atoms with Crippen LogP contribution in [0.25, 0.3) is 22.8 Å². The Morgan fingerprint density at radius 3 is 2.48 bits per heavy atom. The van der Waals surface area contributed by atoms with Gasteiger partial charge < -0.3 is 5.32 Å². The average molecular weight is 271 g/mol. The monoisotopic (exact) mass is 271 g/mol. The van der Waals surface area contributed by atoms with Crippen molar-refractivity contribution in [1.82, 2.24) is 0 Å². The number of hydrogen-bond donors (Lipinski definition) is 1. The fourth-order valence-electron chi connectivity index (χ4n) is 2.80. The molecule has 1 heterocycles. The fraction of sp³-hybridized carbons (Fsp3) is 0. The van der Waals surface area contributed by atoms with E-state index in [1.165, 1.54) is 5.56 Å². The highest BCUT2D eigenvalue weighted by molar-refractivity contribution is 6.35. The van der Waals surface area contributed by atoms with Crippen LogP contribution in [0.3, 0.4) is 0 Å². The minimum Gasteiger partial charge on any atom is -0.321 e. The normalized spacial score (nSPS) is 15.2. The molecule has 0 bridgehead atoms. The standard InChI is InChI=1S/C19H13NO/c21-19-17(16-8-4-5-9-18(16)20-19)12-14-11-10-13-6-2-1-3-7-15(13)14/h1-12H,(H,20,21). The molecule has 1 N–H and O–H groups in total. The highest BCUT2D eigenvalue weighted by Crippen LogP contribution is 2.35. The van der Waals surface area contributed by atoms with Gasteiger partial charge in [-0.1, -0.05) is 60.7 Å². The van der Waals surface area contributed by atoms with E-state index in [9.17, 15) is 4.79 Å². The summed E-state index contributed by atoms with van der Waals surface area (Å²) in [4.78, 5) is 12.2. The number of rotatable bonds is 1. The van der Waals surface area contributed by atoms with Crippen molar-refractivity contribution in [2.24, 2.45) is 0 Å². The molecular formula is C19H13NO. The summed E-state index contributed by atoms with van der Waals surface area (Å²) < 4.78 is 0. The van der Waals surface area contributed by atoms with Crippen molar-refractivity contribution < 1.29 is 4.79 Å². The van der Waals surface area contributed by atoms with E-state index in [1.54, 1.807) is 0 Å². The Balaban J connectivity index is 1.87. The second-order valence-electron chi connectivity index (χ2n) is 5.13. The lowest BCUT2D eigenvalue weighted by molar-refractivity contribution is -0.110. The van der Waals surface area contributed by atoms with Crippen LogP contribution in [0, 0.1) is 0 Å². The Morgan fingerprint density at radius 2 is 1.52 bits per heavy atom. The number of benzene rings is 1. The van der Waals surface area contributed by atoms with Crippen LogP contribution < -0.4 is 5.32 Å². The fourth-order valence-corrected chi connectivity index (χ4v) is 2.80. The molecule has 0 spiro atoms. The first-order valence-electron chi connectivity index (χ1n) is 6.93. The van der Waals surface area contributed by atoms with Crippen molar-refractivity contribution in [3.05, 3.63) is 77.9 Å². The van der Waals surface area contributed by atoms with Crippen LogP contribution in [0.4, 0.5) is 5.69 Å². The van der Waals surface area contributed by atoms with Gasteiger partial charge in [0.25, 0.3) is 5.91 Å². The van der Waals surface area contributed by atoms with E-state index >= 15 is 0 Å². The molecular weight excluding hydrogens is 258 g/mol. The van der Waals surface area contributed by atoms with Crippen LogP contribution in [0.15, 0.2) is 66.7 Å². The molecule has 1 amide bonds. The lowest BCUT2D eigenvalue weighted by Crippen LogP contribution is -2.03. The van der Waals surface area contributed by atoms with Gasteiger partial charge in [0.05, 0.1) is 0 Å². The lowest BCUT2D eigenvalue weighted by atomic mass is 10.0. The number of amides is 1. The second kappa shape index (κ2) is 4.60. The molecule has 0 aromatic heterocycles. The summed E-state index contributed by atoms with van der Waals surface area (Å²) in [6.07, 6.45) is 1.98. The van der Waals surface area contributed by atoms with Gasteiger partial charge in [0.2, 0.25) is 0 Å². The predicted octanol–water partition coefficient (Wildman–Crippen LogP) is 4.28. The van der Waals surface area contributed by atoms with Crippen molar-refractivity contribution in [3.8, 4) is 11.1 Å². The first kappa shape index (κ1) is 11.9. The van der Waals surface area contributed by atoms with Gasteiger partial charge >= 0.3 is 0 Å². The molecule has 1 aliphatic heterocycles. The Bertz CT molecular complexity index is 848. The highest BCUT2D eigenvalue weighted by atomic mass is 16.2. The molecule has 0 unspecified atom stereocenters. The summed E-state index contributed by atoms with van der Waals surface area (Å²) in [6.45, 7) is 0. The summed E-state index contributed by atoms with van der Waals surface area (Å²) in [6, 6.07) is 22.2. The number of fused-ring (bicyclic) bond motifs is 2. The van der Waals surface area contributed by atoms with E-state index < -0.39 is 0 Å². The average Bonchev–Trinajstić information content (AvgIpc) is 2.91.